The molecule has 0 aliphatic heterocycles. The zero-order valence-corrected chi connectivity index (χ0v) is 14.5. The fourth-order valence-electron chi connectivity index (χ4n) is 2.28. The molecule has 0 amide bonds. The number of fused-ring (bicyclic) bond motifs is 1. The van der Waals surface area contributed by atoms with Gasteiger partial charge in [-0.15, -0.1) is 0 Å². The molecule has 2 aromatic carbocycles. The van der Waals surface area contributed by atoms with Gasteiger partial charge in [0.1, 0.15) is 11.9 Å². The molecule has 108 valence electrons. The molecule has 1 aromatic heterocycles. The Balaban J connectivity index is 2.07. The van der Waals surface area contributed by atoms with Crippen molar-refractivity contribution >= 4 is 45.3 Å². The molecule has 22 heavy (non-hydrogen) atoms. The molecule has 0 atom stereocenters. The highest BCUT2D eigenvalue weighted by Crippen LogP contribution is 2.22. The lowest BCUT2D eigenvalue weighted by molar-refractivity contribution is 1.27. The number of hydrogen-bond donors (Lipinski definition) is 1. The van der Waals surface area contributed by atoms with E-state index in [1.807, 2.05) is 36.4 Å². The fourth-order valence-corrected chi connectivity index (χ4v) is 2.64. The Kier molecular flexibility index (Phi) is 3.99. The largest absolute Gasteiger partial charge is 0.337 e. The summed E-state index contributed by atoms with van der Waals surface area (Å²) in [6.45, 7) is 4.14. The van der Waals surface area contributed by atoms with Crippen LogP contribution < -0.4 is 0 Å². The first-order chi connectivity index (χ1) is 10.6. The number of aryl methyl sites for hydroxylation is 2. The number of allylic oxidation sites excluding steroid dienone is 1. The highest BCUT2D eigenvalue weighted by atomic mass is 127. The Hall–Kier alpha value is -2.13. The third-order valence-corrected chi connectivity index (χ3v) is 4.37. The molecule has 1 heterocycles. The number of aromatic amines is 1. The van der Waals surface area contributed by atoms with Crippen molar-refractivity contribution in [1.29, 1.82) is 5.26 Å². The molecule has 3 rings (SSSR count). The number of nitriles is 1. The van der Waals surface area contributed by atoms with E-state index in [9.17, 15) is 5.26 Å². The molecular formula is C18H14IN3. The van der Waals surface area contributed by atoms with Gasteiger partial charge in [0, 0.05) is 3.57 Å². The number of hydrogen-bond acceptors (Lipinski definition) is 2. The van der Waals surface area contributed by atoms with Gasteiger partial charge in [-0.25, -0.2) is 4.98 Å². The van der Waals surface area contributed by atoms with Crippen LogP contribution in [0.1, 0.15) is 22.5 Å². The van der Waals surface area contributed by atoms with E-state index in [2.05, 4.69) is 58.5 Å². The number of benzene rings is 2. The summed E-state index contributed by atoms with van der Waals surface area (Å²) in [5.41, 5.74) is 5.79. The molecule has 0 spiro atoms. The molecule has 0 unspecified atom stereocenters. The molecular weight excluding hydrogens is 385 g/mol. The van der Waals surface area contributed by atoms with Crippen molar-refractivity contribution in [2.24, 2.45) is 0 Å². The van der Waals surface area contributed by atoms with Crippen molar-refractivity contribution in [3.63, 3.8) is 0 Å². The first-order valence-corrected chi connectivity index (χ1v) is 7.99. The van der Waals surface area contributed by atoms with Crippen molar-refractivity contribution in [3.8, 4) is 6.07 Å². The van der Waals surface area contributed by atoms with Gasteiger partial charge in [-0.05, 0) is 83.5 Å². The van der Waals surface area contributed by atoms with Gasteiger partial charge < -0.3 is 4.98 Å². The highest BCUT2D eigenvalue weighted by molar-refractivity contribution is 14.1. The SMILES string of the molecule is Cc1cc2nc(/C(C#N)=C\c3ccc(I)cc3)[nH]c2cc1C. The van der Waals surface area contributed by atoms with Crippen LogP contribution in [0.15, 0.2) is 36.4 Å². The Morgan fingerprint density at radius 2 is 1.86 bits per heavy atom. The summed E-state index contributed by atoms with van der Waals surface area (Å²) in [6, 6.07) is 14.4. The van der Waals surface area contributed by atoms with Crippen LogP contribution in [0, 0.1) is 28.7 Å². The third kappa shape index (κ3) is 2.90. The van der Waals surface area contributed by atoms with E-state index >= 15 is 0 Å². The van der Waals surface area contributed by atoms with E-state index in [0.29, 0.717) is 11.4 Å². The number of nitrogens with one attached hydrogen (secondary N) is 1. The lowest BCUT2D eigenvalue weighted by atomic mass is 10.1. The quantitative estimate of drug-likeness (QED) is 0.495. The summed E-state index contributed by atoms with van der Waals surface area (Å²) in [5, 5.41) is 9.45. The lowest BCUT2D eigenvalue weighted by Gasteiger charge is -1.97. The zero-order chi connectivity index (χ0) is 15.7. The Morgan fingerprint density at radius 3 is 2.55 bits per heavy atom. The van der Waals surface area contributed by atoms with Gasteiger partial charge in [-0.3, -0.25) is 0 Å². The van der Waals surface area contributed by atoms with Crippen molar-refractivity contribution in [2.45, 2.75) is 13.8 Å². The van der Waals surface area contributed by atoms with Crippen LogP contribution in [0.3, 0.4) is 0 Å². The maximum Gasteiger partial charge on any atom is 0.149 e. The monoisotopic (exact) mass is 399 g/mol. The second-order valence-corrected chi connectivity index (χ2v) is 6.51. The van der Waals surface area contributed by atoms with Crippen LogP contribution in [0.5, 0.6) is 0 Å². The normalized spacial score (nSPS) is 11.6. The lowest BCUT2D eigenvalue weighted by Crippen LogP contribution is -1.85. The van der Waals surface area contributed by atoms with E-state index in [0.717, 1.165) is 16.6 Å². The number of rotatable bonds is 2. The predicted molar refractivity (Wildman–Crippen MR) is 98.2 cm³/mol. The Bertz CT molecular complexity index is 873. The van der Waals surface area contributed by atoms with Crippen LogP contribution in [0.2, 0.25) is 0 Å². The molecule has 0 bridgehead atoms. The number of imidazole rings is 1. The minimum absolute atomic E-state index is 0.535. The number of halogens is 1. The first kappa shape index (κ1) is 14.8. The summed E-state index contributed by atoms with van der Waals surface area (Å²) < 4.78 is 1.17. The molecule has 0 aliphatic rings. The number of H-pyrrole nitrogens is 1. The Labute approximate surface area is 142 Å². The third-order valence-electron chi connectivity index (χ3n) is 3.65. The fraction of sp³-hybridized carbons (Fsp3) is 0.111. The molecule has 3 nitrogen and oxygen atoms in total. The molecule has 4 heteroatoms. The minimum atomic E-state index is 0.535. The summed E-state index contributed by atoms with van der Waals surface area (Å²) in [6.07, 6.45) is 1.85. The van der Waals surface area contributed by atoms with Crippen molar-refractivity contribution in [3.05, 3.63) is 62.5 Å². The van der Waals surface area contributed by atoms with E-state index in [1.54, 1.807) is 0 Å². The molecule has 0 saturated heterocycles. The molecule has 3 aromatic rings. The molecule has 0 aliphatic carbocycles. The van der Waals surface area contributed by atoms with Gasteiger partial charge in [0.05, 0.1) is 16.6 Å². The number of nitrogens with zero attached hydrogens (tertiary/aromatic N) is 2. The maximum atomic E-state index is 9.45. The zero-order valence-electron chi connectivity index (χ0n) is 12.3. The van der Waals surface area contributed by atoms with Gasteiger partial charge in [-0.1, -0.05) is 12.1 Å². The van der Waals surface area contributed by atoms with Gasteiger partial charge in [0.2, 0.25) is 0 Å². The summed E-state index contributed by atoms with van der Waals surface area (Å²) in [5.74, 6) is 0.612. The van der Waals surface area contributed by atoms with Crippen molar-refractivity contribution in [2.75, 3.05) is 0 Å². The molecule has 0 fully saturated rings. The van der Waals surface area contributed by atoms with E-state index in [1.165, 1.54) is 14.7 Å². The minimum Gasteiger partial charge on any atom is -0.337 e. The van der Waals surface area contributed by atoms with E-state index < -0.39 is 0 Å². The summed E-state index contributed by atoms with van der Waals surface area (Å²) in [7, 11) is 0. The predicted octanol–water partition coefficient (Wildman–Crippen LogP) is 4.85. The number of aromatic nitrogens is 2. The second-order valence-electron chi connectivity index (χ2n) is 5.26. The van der Waals surface area contributed by atoms with E-state index in [4.69, 9.17) is 0 Å². The van der Waals surface area contributed by atoms with Gasteiger partial charge in [0.15, 0.2) is 0 Å². The maximum absolute atomic E-state index is 9.45. The highest BCUT2D eigenvalue weighted by Gasteiger charge is 2.09. The van der Waals surface area contributed by atoms with Crippen LogP contribution >= 0.6 is 22.6 Å². The second kappa shape index (κ2) is 5.93. The summed E-state index contributed by atoms with van der Waals surface area (Å²) in [4.78, 5) is 7.79. The van der Waals surface area contributed by atoms with Crippen LogP contribution in [-0.4, -0.2) is 9.97 Å². The van der Waals surface area contributed by atoms with Crippen LogP contribution in [0.4, 0.5) is 0 Å². The average molecular weight is 399 g/mol. The van der Waals surface area contributed by atoms with Crippen LogP contribution in [0.25, 0.3) is 22.7 Å². The van der Waals surface area contributed by atoms with Crippen molar-refractivity contribution in [1.82, 2.24) is 9.97 Å². The topological polar surface area (TPSA) is 52.5 Å². The Morgan fingerprint density at radius 1 is 1.18 bits per heavy atom. The van der Waals surface area contributed by atoms with Crippen LogP contribution in [-0.2, 0) is 0 Å². The van der Waals surface area contributed by atoms with Gasteiger partial charge >= 0.3 is 0 Å². The standard InChI is InChI=1S/C18H14IN3/c1-11-7-16-17(8-12(11)2)22-18(21-16)14(10-20)9-13-3-5-15(19)6-4-13/h3-9H,1-2H3,(H,21,22)/b14-9-. The summed E-state index contributed by atoms with van der Waals surface area (Å²) >= 11 is 2.26. The average Bonchev–Trinajstić information content (AvgIpc) is 2.89. The van der Waals surface area contributed by atoms with E-state index in [-0.39, 0.29) is 0 Å². The van der Waals surface area contributed by atoms with Gasteiger partial charge in [-0.2, -0.15) is 5.26 Å². The van der Waals surface area contributed by atoms with Crippen molar-refractivity contribution < 1.29 is 0 Å². The first-order valence-electron chi connectivity index (χ1n) is 6.91. The molecule has 0 saturated carbocycles. The van der Waals surface area contributed by atoms with Gasteiger partial charge in [0.25, 0.3) is 0 Å². The molecule has 0 radical (unpaired) electrons. The smallest absolute Gasteiger partial charge is 0.149 e. The molecule has 1 N–H and O–H groups in total.